The largest absolute Gasteiger partial charge is 0.403 e. The van der Waals surface area contributed by atoms with Gasteiger partial charge in [0.05, 0.1) is 17.5 Å². The highest BCUT2D eigenvalue weighted by Gasteiger charge is 2.77. The lowest BCUT2D eigenvalue weighted by molar-refractivity contribution is -0.300. The van der Waals surface area contributed by atoms with Crippen LogP contribution in [0.2, 0.25) is 5.02 Å². The van der Waals surface area contributed by atoms with Crippen molar-refractivity contribution in [3.05, 3.63) is 28.5 Å². The van der Waals surface area contributed by atoms with Crippen molar-refractivity contribution in [2.24, 2.45) is 28.9 Å². The lowest BCUT2D eigenvalue weighted by atomic mass is 9.63. The summed E-state index contributed by atoms with van der Waals surface area (Å²) in [4.78, 5) is 92.1. The predicted octanol–water partition coefficient (Wildman–Crippen LogP) is 5.04. The molecule has 4 aliphatic rings. The van der Waals surface area contributed by atoms with Crippen LogP contribution < -0.4 is 16.4 Å². The molecule has 2 saturated carbocycles. The smallest absolute Gasteiger partial charge is 0.368 e. The zero-order valence-electron chi connectivity index (χ0n) is 35.8. The Morgan fingerprint density at radius 1 is 1.03 bits per heavy atom. The van der Waals surface area contributed by atoms with Crippen LogP contribution in [0.4, 0.5) is 26.3 Å². The van der Waals surface area contributed by atoms with Crippen LogP contribution in [0.1, 0.15) is 102 Å². The van der Waals surface area contributed by atoms with Gasteiger partial charge in [-0.25, -0.2) is 13.2 Å². The second-order valence-corrected chi connectivity index (χ2v) is 18.6. The third-order valence-electron chi connectivity index (χ3n) is 13.1. The van der Waals surface area contributed by atoms with Crippen molar-refractivity contribution >= 4 is 47.0 Å². The van der Waals surface area contributed by atoms with Gasteiger partial charge >= 0.3 is 6.18 Å². The first-order valence-corrected chi connectivity index (χ1v) is 21.7. The Balaban J connectivity index is 1.50. The Bertz CT molecular complexity index is 1880. The minimum atomic E-state index is -5.51. The Morgan fingerprint density at radius 3 is 2.24 bits per heavy atom. The second kappa shape index (κ2) is 18.9. The molecule has 2 unspecified atom stereocenters. The van der Waals surface area contributed by atoms with Gasteiger partial charge in [-0.2, -0.15) is 13.2 Å². The SMILES string of the molecule is Cc1ncc(Cl)cc1C[C@H]1C(=O)NCCCCCCC[C@H](N(C)C(=O)[C@@H](C2CC2)C2(C(N)=O)CC(F)CN2C(=O)C2(C(F)(F)F)CC(F)(F)C2)C(=O)N[C@@H](CC(C)C)C(=O)N1C. The average molecular weight is 906 g/mol. The van der Waals surface area contributed by atoms with Crippen LogP contribution in [0.5, 0.6) is 0 Å². The number of likely N-dealkylation sites (N-methyl/N-ethyl adjacent to an activating group) is 2. The van der Waals surface area contributed by atoms with Gasteiger partial charge in [0.15, 0.2) is 5.41 Å². The molecule has 0 spiro atoms. The molecule has 0 aromatic carbocycles. The number of aryl methyl sites for hydroxylation is 1. The molecule has 13 nitrogen and oxygen atoms in total. The summed E-state index contributed by atoms with van der Waals surface area (Å²) in [5.41, 5.74) is 0.789. The van der Waals surface area contributed by atoms with Crippen molar-refractivity contribution < 1.29 is 55.1 Å². The standard InChI is InChI=1S/C42H58ClF6N7O6/c1-23(2)15-29-35(59)55(5)31(17-26-16-27(43)19-52-24(26)3)33(57)51-14-10-8-6-7-9-11-30(34(58)53-29)54(4)36(60)32(25-12-13-25)41(37(50)61)18-28(44)20-56(41)38(62)39(42(47,48)49)21-40(45,46)22-39/h16,19,23,25,28-32H,6-15,17-18,20-22H2,1-5H3,(H2,50,61)(H,51,57)(H,53,58)/t28?,29-,30-,31-,32+,41?/m0/s1. The highest BCUT2D eigenvalue weighted by Crippen LogP contribution is 2.62. The summed E-state index contributed by atoms with van der Waals surface area (Å²) in [6.45, 7) is 4.62. The number of nitrogens with one attached hydrogen (secondary N) is 2. The van der Waals surface area contributed by atoms with E-state index in [1.54, 1.807) is 13.0 Å². The summed E-state index contributed by atoms with van der Waals surface area (Å²) in [6.07, 6.45) is -7.35. The Labute approximate surface area is 362 Å². The molecule has 3 heterocycles. The minimum Gasteiger partial charge on any atom is -0.368 e. The summed E-state index contributed by atoms with van der Waals surface area (Å²) in [5, 5.41) is 6.05. The van der Waals surface area contributed by atoms with Crippen molar-refractivity contribution in [3.8, 4) is 0 Å². The number of hydrogen-bond donors (Lipinski definition) is 3. The second-order valence-electron chi connectivity index (χ2n) is 18.2. The van der Waals surface area contributed by atoms with E-state index in [1.807, 2.05) is 13.8 Å². The zero-order chi connectivity index (χ0) is 46.1. The Hall–Kier alpha value is -4.16. The molecule has 0 bridgehead atoms. The fraction of sp³-hybridized carbons (Fsp3) is 0.738. The van der Waals surface area contributed by atoms with Crippen LogP contribution in [0.15, 0.2) is 12.3 Å². The number of carbonyl (C=O) groups excluding carboxylic acids is 6. The van der Waals surface area contributed by atoms with Gasteiger partial charge in [0.25, 0.3) is 5.92 Å². The maximum Gasteiger partial charge on any atom is 0.403 e. The lowest BCUT2D eigenvalue weighted by Gasteiger charge is -2.51. The molecule has 1 aromatic rings. The maximum absolute atomic E-state index is 15.6. The van der Waals surface area contributed by atoms with Crippen molar-refractivity contribution in [1.82, 2.24) is 30.3 Å². The quantitative estimate of drug-likeness (QED) is 0.276. The zero-order valence-corrected chi connectivity index (χ0v) is 36.5. The van der Waals surface area contributed by atoms with E-state index in [9.17, 15) is 50.7 Å². The molecule has 20 heteroatoms. The molecule has 1 aromatic heterocycles. The highest BCUT2D eigenvalue weighted by molar-refractivity contribution is 6.30. The van der Waals surface area contributed by atoms with Crippen molar-refractivity contribution in [2.45, 2.75) is 146 Å². The normalized spacial score (nSPS) is 28.2. The molecule has 346 valence electrons. The molecule has 5 rings (SSSR count). The first kappa shape index (κ1) is 48.9. The summed E-state index contributed by atoms with van der Waals surface area (Å²) in [6, 6.07) is -1.95. The first-order valence-electron chi connectivity index (χ1n) is 21.3. The Kier molecular flexibility index (Phi) is 14.9. The molecule has 0 radical (unpaired) electrons. The molecule has 2 saturated heterocycles. The number of likely N-dealkylation sites (tertiary alicyclic amines) is 1. The number of primary amides is 1. The number of aromatic nitrogens is 1. The fourth-order valence-corrected chi connectivity index (χ4v) is 9.71. The van der Waals surface area contributed by atoms with Crippen LogP contribution in [0, 0.1) is 30.1 Å². The molecule has 2 aliphatic carbocycles. The maximum atomic E-state index is 15.6. The van der Waals surface area contributed by atoms with Gasteiger partial charge < -0.3 is 31.1 Å². The third kappa shape index (κ3) is 10.1. The molecular formula is C42H58ClF6N7O6. The summed E-state index contributed by atoms with van der Waals surface area (Å²) in [7, 11) is 2.69. The summed E-state index contributed by atoms with van der Waals surface area (Å²) < 4.78 is 87.5. The number of pyridine rings is 1. The number of rotatable bonds is 10. The van der Waals surface area contributed by atoms with E-state index in [4.69, 9.17) is 17.3 Å². The number of alkyl halides is 6. The number of nitrogens with two attached hydrogens (primary N) is 1. The van der Waals surface area contributed by atoms with Gasteiger partial charge in [-0.3, -0.25) is 33.8 Å². The summed E-state index contributed by atoms with van der Waals surface area (Å²) >= 11 is 6.24. The minimum absolute atomic E-state index is 0.0362. The fourth-order valence-electron chi connectivity index (χ4n) is 9.53. The topological polar surface area (TPSA) is 175 Å². The van der Waals surface area contributed by atoms with Gasteiger partial charge in [-0.15, -0.1) is 0 Å². The van der Waals surface area contributed by atoms with Gasteiger partial charge in [0, 0.05) is 58.2 Å². The number of amides is 6. The van der Waals surface area contributed by atoms with Crippen LogP contribution >= 0.6 is 11.6 Å². The first-order chi connectivity index (χ1) is 28.9. The molecular weight excluding hydrogens is 848 g/mol. The lowest BCUT2D eigenvalue weighted by Crippen LogP contribution is -2.70. The summed E-state index contributed by atoms with van der Waals surface area (Å²) in [5.74, 6) is -12.7. The van der Waals surface area contributed by atoms with Crippen molar-refractivity contribution in [1.29, 1.82) is 0 Å². The van der Waals surface area contributed by atoms with E-state index in [-0.39, 0.29) is 42.9 Å². The van der Waals surface area contributed by atoms with Gasteiger partial charge in [0.2, 0.25) is 35.4 Å². The molecule has 6 atom stereocenters. The van der Waals surface area contributed by atoms with E-state index in [1.165, 1.54) is 25.2 Å². The van der Waals surface area contributed by atoms with E-state index in [0.717, 1.165) is 4.90 Å². The highest BCUT2D eigenvalue weighted by atomic mass is 35.5. The number of hydrogen-bond acceptors (Lipinski definition) is 7. The molecule has 62 heavy (non-hydrogen) atoms. The van der Waals surface area contributed by atoms with Gasteiger partial charge in [-0.05, 0) is 62.5 Å². The number of halogens is 7. The van der Waals surface area contributed by atoms with Gasteiger partial charge in [0.1, 0.15) is 29.8 Å². The monoisotopic (exact) mass is 905 g/mol. The number of carbonyl (C=O) groups is 6. The average Bonchev–Trinajstić information content (AvgIpc) is 3.94. The molecule has 4 N–H and O–H groups in total. The van der Waals surface area contributed by atoms with E-state index >= 15 is 4.39 Å². The van der Waals surface area contributed by atoms with E-state index in [0.29, 0.717) is 54.9 Å². The number of nitrogens with zero attached hydrogens (tertiary/aromatic N) is 4. The van der Waals surface area contributed by atoms with Crippen LogP contribution in [-0.2, 0) is 35.2 Å². The molecule has 6 amide bonds. The van der Waals surface area contributed by atoms with Crippen molar-refractivity contribution in [2.75, 3.05) is 27.2 Å². The van der Waals surface area contributed by atoms with Crippen LogP contribution in [0.25, 0.3) is 0 Å². The van der Waals surface area contributed by atoms with Crippen molar-refractivity contribution in [3.63, 3.8) is 0 Å². The van der Waals surface area contributed by atoms with Crippen LogP contribution in [-0.4, -0.2) is 124 Å². The third-order valence-corrected chi connectivity index (χ3v) is 13.3. The molecule has 2 aliphatic heterocycles. The van der Waals surface area contributed by atoms with E-state index < -0.39 is 120 Å². The van der Waals surface area contributed by atoms with Crippen LogP contribution in [0.3, 0.4) is 0 Å². The van der Waals surface area contributed by atoms with Gasteiger partial charge in [-0.1, -0.05) is 51.1 Å². The van der Waals surface area contributed by atoms with E-state index in [2.05, 4.69) is 15.6 Å². The predicted molar refractivity (Wildman–Crippen MR) is 215 cm³/mol. The Morgan fingerprint density at radius 2 is 1.66 bits per heavy atom. The molecule has 4 fully saturated rings.